The van der Waals surface area contributed by atoms with Gasteiger partial charge in [-0.2, -0.15) is 0 Å². The number of carbonyl (C=O) groups excluding carboxylic acids is 3. The zero-order valence-corrected chi connectivity index (χ0v) is 26.2. The Kier molecular flexibility index (Phi) is 17.9. The maximum absolute atomic E-state index is 11.4. The summed E-state index contributed by atoms with van der Waals surface area (Å²) in [5, 5.41) is 0. The van der Waals surface area contributed by atoms with Gasteiger partial charge in [0, 0.05) is 24.3 Å². The third-order valence-electron chi connectivity index (χ3n) is 7.43. The number of esters is 2. The van der Waals surface area contributed by atoms with E-state index in [0.29, 0.717) is 37.4 Å². The number of benzene rings is 2. The van der Waals surface area contributed by atoms with E-state index in [9.17, 15) is 14.4 Å². The van der Waals surface area contributed by atoms with Crippen LogP contribution in [0.4, 0.5) is 0 Å². The van der Waals surface area contributed by atoms with Gasteiger partial charge in [0.1, 0.15) is 24.4 Å². The second-order valence-electron chi connectivity index (χ2n) is 10.7. The van der Waals surface area contributed by atoms with E-state index in [4.69, 9.17) is 23.7 Å². The normalized spacial score (nSPS) is 16.3. The monoisotopic (exact) mass is 608 g/mol. The topological polar surface area (TPSA) is 97.4 Å². The van der Waals surface area contributed by atoms with E-state index in [0.717, 1.165) is 36.0 Å². The minimum absolute atomic E-state index is 0.0942. The van der Waals surface area contributed by atoms with Gasteiger partial charge in [-0.15, -0.1) is 0 Å². The molecule has 8 heteroatoms. The molecule has 0 amide bonds. The summed E-state index contributed by atoms with van der Waals surface area (Å²) in [5.74, 6) is 2.27. The zero-order valence-electron chi connectivity index (χ0n) is 26.2. The molecule has 0 aliphatic heterocycles. The number of hydrogen-bond donors (Lipinski definition) is 0. The quantitative estimate of drug-likeness (QED) is 0.0754. The third kappa shape index (κ3) is 14.5. The summed E-state index contributed by atoms with van der Waals surface area (Å²) in [4.78, 5) is 33.0. The minimum Gasteiger partial charge on any atom is -0.497 e. The SMILES string of the molecule is C=CC(=O)OCCCCOCC(COc1ccc(C=O)cc1)OC(=O)C=C.CCCC1CCC(c2ccc(OC)cc2)CC1. The predicted molar refractivity (Wildman–Crippen MR) is 171 cm³/mol. The predicted octanol–water partition coefficient (Wildman–Crippen LogP) is 7.27. The first-order chi connectivity index (χ1) is 21.4. The van der Waals surface area contributed by atoms with Crippen LogP contribution in [-0.2, 0) is 23.8 Å². The summed E-state index contributed by atoms with van der Waals surface area (Å²) in [6, 6.07) is 15.2. The van der Waals surface area contributed by atoms with E-state index in [1.807, 2.05) is 0 Å². The number of hydrogen-bond acceptors (Lipinski definition) is 8. The van der Waals surface area contributed by atoms with E-state index in [1.54, 1.807) is 31.4 Å². The number of carbonyl (C=O) groups is 3. The largest absolute Gasteiger partial charge is 0.497 e. The Balaban J connectivity index is 0.000000338. The van der Waals surface area contributed by atoms with Crippen molar-refractivity contribution in [2.24, 2.45) is 5.92 Å². The Bertz CT molecular complexity index is 1120. The molecule has 240 valence electrons. The van der Waals surface area contributed by atoms with Crippen molar-refractivity contribution in [3.63, 3.8) is 0 Å². The highest BCUT2D eigenvalue weighted by Crippen LogP contribution is 2.37. The van der Waals surface area contributed by atoms with Gasteiger partial charge in [-0.3, -0.25) is 4.79 Å². The van der Waals surface area contributed by atoms with Gasteiger partial charge in [0.2, 0.25) is 0 Å². The molecule has 8 nitrogen and oxygen atoms in total. The molecule has 0 heterocycles. The summed E-state index contributed by atoms with van der Waals surface area (Å²) in [5.41, 5.74) is 2.04. The molecule has 1 saturated carbocycles. The van der Waals surface area contributed by atoms with Crippen molar-refractivity contribution in [3.8, 4) is 11.5 Å². The van der Waals surface area contributed by atoms with E-state index in [-0.39, 0.29) is 13.2 Å². The zero-order chi connectivity index (χ0) is 32.0. The fraction of sp³-hybridized carbons (Fsp3) is 0.472. The van der Waals surface area contributed by atoms with Crippen LogP contribution in [0.3, 0.4) is 0 Å². The first kappa shape index (κ1) is 36.3. The smallest absolute Gasteiger partial charge is 0.330 e. The van der Waals surface area contributed by atoms with Crippen LogP contribution < -0.4 is 9.47 Å². The molecule has 1 atom stereocenters. The highest BCUT2D eigenvalue weighted by atomic mass is 16.6. The van der Waals surface area contributed by atoms with Crippen LogP contribution >= 0.6 is 0 Å². The van der Waals surface area contributed by atoms with Crippen molar-refractivity contribution in [1.82, 2.24) is 0 Å². The Morgan fingerprint density at radius 1 is 0.864 bits per heavy atom. The second kappa shape index (κ2) is 21.7. The number of rotatable bonds is 18. The van der Waals surface area contributed by atoms with Gasteiger partial charge in [-0.25, -0.2) is 9.59 Å². The van der Waals surface area contributed by atoms with E-state index >= 15 is 0 Å². The molecule has 3 rings (SSSR count). The van der Waals surface area contributed by atoms with Gasteiger partial charge in [0.25, 0.3) is 0 Å². The summed E-state index contributed by atoms with van der Waals surface area (Å²) < 4.78 is 26.3. The Morgan fingerprint density at radius 3 is 2.09 bits per heavy atom. The van der Waals surface area contributed by atoms with Crippen LogP contribution in [0.1, 0.15) is 80.1 Å². The molecule has 2 aromatic rings. The van der Waals surface area contributed by atoms with Gasteiger partial charge in [-0.05, 0) is 92.3 Å². The minimum atomic E-state index is -0.611. The fourth-order valence-corrected chi connectivity index (χ4v) is 4.98. The van der Waals surface area contributed by atoms with E-state index in [2.05, 4.69) is 44.3 Å². The van der Waals surface area contributed by atoms with Crippen LogP contribution in [0.2, 0.25) is 0 Å². The molecule has 0 bridgehead atoms. The Labute approximate surface area is 262 Å². The molecule has 44 heavy (non-hydrogen) atoms. The number of aldehydes is 1. The maximum Gasteiger partial charge on any atom is 0.330 e. The first-order valence-electron chi connectivity index (χ1n) is 15.4. The summed E-state index contributed by atoms with van der Waals surface area (Å²) in [6.07, 6.45) is 12.0. The molecule has 0 N–H and O–H groups in total. The lowest BCUT2D eigenvalue weighted by atomic mass is 9.77. The molecule has 0 radical (unpaired) electrons. The van der Waals surface area contributed by atoms with Crippen molar-refractivity contribution >= 4 is 18.2 Å². The molecule has 1 aliphatic rings. The number of ether oxygens (including phenoxy) is 5. The summed E-state index contributed by atoms with van der Waals surface area (Å²) in [7, 11) is 1.73. The van der Waals surface area contributed by atoms with Crippen LogP contribution in [0, 0.1) is 5.92 Å². The van der Waals surface area contributed by atoms with Crippen LogP contribution in [0.5, 0.6) is 11.5 Å². The van der Waals surface area contributed by atoms with E-state index < -0.39 is 18.0 Å². The molecular formula is C36H48O8. The lowest BCUT2D eigenvalue weighted by molar-refractivity contribution is -0.148. The Hall–Kier alpha value is -3.91. The van der Waals surface area contributed by atoms with Crippen LogP contribution in [0.25, 0.3) is 0 Å². The van der Waals surface area contributed by atoms with Crippen LogP contribution in [-0.4, -0.2) is 57.9 Å². The molecule has 0 spiro atoms. The summed E-state index contributed by atoms with van der Waals surface area (Å²) in [6.45, 7) is 9.94. The van der Waals surface area contributed by atoms with Crippen molar-refractivity contribution in [3.05, 3.63) is 85.0 Å². The molecule has 0 aromatic heterocycles. The lowest BCUT2D eigenvalue weighted by Crippen LogP contribution is -2.29. The average Bonchev–Trinajstić information content (AvgIpc) is 3.07. The number of unbranched alkanes of at least 4 members (excludes halogenated alkanes) is 1. The molecule has 1 fully saturated rings. The third-order valence-corrected chi connectivity index (χ3v) is 7.43. The standard InChI is InChI=1S/C20H24O7.C16H24O/c1-3-19(22)25-12-6-5-11-24-14-18(27-20(23)4-2)15-26-17-9-7-16(13-21)8-10-17;1-3-4-13-5-7-14(8-6-13)15-9-11-16(17-2)12-10-15/h3-4,7-10,13,18H,1-2,5-6,11-12,14-15H2;9-14H,3-8H2,1-2H3. The molecule has 2 aromatic carbocycles. The highest BCUT2D eigenvalue weighted by molar-refractivity contribution is 5.81. The van der Waals surface area contributed by atoms with Crippen molar-refractivity contribution in [1.29, 1.82) is 0 Å². The van der Waals surface area contributed by atoms with Gasteiger partial charge in [0.05, 0.1) is 20.3 Å². The van der Waals surface area contributed by atoms with Crippen molar-refractivity contribution < 1.29 is 38.1 Å². The van der Waals surface area contributed by atoms with Gasteiger partial charge < -0.3 is 23.7 Å². The average molecular weight is 609 g/mol. The molecule has 1 unspecified atom stereocenters. The van der Waals surface area contributed by atoms with Gasteiger partial charge in [-0.1, -0.05) is 45.1 Å². The van der Waals surface area contributed by atoms with E-state index in [1.165, 1.54) is 44.1 Å². The van der Waals surface area contributed by atoms with Gasteiger partial charge >= 0.3 is 11.9 Å². The molecular weight excluding hydrogens is 560 g/mol. The first-order valence-corrected chi connectivity index (χ1v) is 15.4. The Morgan fingerprint density at radius 2 is 1.50 bits per heavy atom. The number of methoxy groups -OCH3 is 1. The molecule has 0 saturated heterocycles. The lowest BCUT2D eigenvalue weighted by Gasteiger charge is -2.28. The van der Waals surface area contributed by atoms with Gasteiger partial charge in [0.15, 0.2) is 6.10 Å². The fourth-order valence-electron chi connectivity index (χ4n) is 4.98. The maximum atomic E-state index is 11.4. The van der Waals surface area contributed by atoms with Crippen molar-refractivity contribution in [2.45, 2.75) is 70.3 Å². The molecule has 1 aliphatic carbocycles. The van der Waals surface area contributed by atoms with Crippen LogP contribution in [0.15, 0.2) is 73.8 Å². The van der Waals surface area contributed by atoms with Crippen molar-refractivity contribution in [2.75, 3.05) is 33.5 Å². The second-order valence-corrected chi connectivity index (χ2v) is 10.7. The summed E-state index contributed by atoms with van der Waals surface area (Å²) >= 11 is 0. The highest BCUT2D eigenvalue weighted by Gasteiger charge is 2.21.